The minimum atomic E-state index is -3.20. The van der Waals surface area contributed by atoms with Crippen molar-refractivity contribution in [2.75, 3.05) is 21.9 Å². The predicted molar refractivity (Wildman–Crippen MR) is 99.0 cm³/mol. The van der Waals surface area contributed by atoms with Crippen LogP contribution in [0.4, 0.5) is 11.4 Å². The summed E-state index contributed by atoms with van der Waals surface area (Å²) in [7, 11) is -3.20. The molecule has 0 radical (unpaired) electrons. The molecule has 1 aliphatic heterocycles. The summed E-state index contributed by atoms with van der Waals surface area (Å²) in [4.78, 5) is 12.4. The van der Waals surface area contributed by atoms with Crippen LogP contribution in [0, 0.1) is 6.92 Å². The number of sulfonamides is 1. The van der Waals surface area contributed by atoms with Gasteiger partial charge in [0.05, 0.1) is 17.0 Å². The molecule has 2 aromatic carbocycles. The number of hydrogen-bond donors (Lipinski definition) is 1. The molecule has 1 heterocycles. The van der Waals surface area contributed by atoms with Gasteiger partial charge in [-0.05, 0) is 65.2 Å². The highest BCUT2D eigenvalue weighted by atomic mass is 79.9. The molecule has 0 aliphatic carbocycles. The maximum Gasteiger partial charge on any atom is 0.256 e. The summed E-state index contributed by atoms with van der Waals surface area (Å²) in [6.07, 6.45) is 0.641. The molecule has 0 unspecified atom stereocenters. The highest BCUT2D eigenvalue weighted by molar-refractivity contribution is 9.10. The van der Waals surface area contributed by atoms with Crippen molar-refractivity contribution in [2.45, 2.75) is 13.3 Å². The average Bonchev–Trinajstić information content (AvgIpc) is 2.89. The molecule has 5 nitrogen and oxygen atoms in total. The van der Waals surface area contributed by atoms with Crippen molar-refractivity contribution in [3.05, 3.63) is 58.1 Å². The molecule has 3 rings (SSSR count). The Morgan fingerprint density at radius 3 is 2.58 bits per heavy atom. The monoisotopic (exact) mass is 408 g/mol. The molecule has 0 aromatic heterocycles. The minimum absolute atomic E-state index is 0.187. The van der Waals surface area contributed by atoms with Gasteiger partial charge in [0.1, 0.15) is 0 Å². The van der Waals surface area contributed by atoms with Gasteiger partial charge in [-0.2, -0.15) is 0 Å². The number of rotatable bonds is 3. The van der Waals surface area contributed by atoms with E-state index in [0.29, 0.717) is 29.9 Å². The number of hydrogen-bond acceptors (Lipinski definition) is 3. The molecule has 0 spiro atoms. The summed E-state index contributed by atoms with van der Waals surface area (Å²) in [6, 6.07) is 12.4. The Bertz CT molecular complexity index is 896. The summed E-state index contributed by atoms with van der Waals surface area (Å²) < 4.78 is 26.2. The van der Waals surface area contributed by atoms with Crippen molar-refractivity contribution in [3.63, 3.8) is 0 Å². The summed E-state index contributed by atoms with van der Waals surface area (Å²) in [5, 5.41) is 2.87. The second kappa shape index (κ2) is 6.57. The number of amides is 1. The lowest BCUT2D eigenvalue weighted by Crippen LogP contribution is -2.25. The third-order valence-electron chi connectivity index (χ3n) is 3.96. The van der Waals surface area contributed by atoms with Gasteiger partial charge in [0.2, 0.25) is 10.0 Å². The van der Waals surface area contributed by atoms with E-state index in [0.717, 1.165) is 10.0 Å². The number of carbonyl (C=O) groups excluding carboxylic acids is 1. The zero-order valence-corrected chi connectivity index (χ0v) is 15.5. The van der Waals surface area contributed by atoms with Crippen LogP contribution in [0.2, 0.25) is 0 Å². The minimum Gasteiger partial charge on any atom is -0.322 e. The van der Waals surface area contributed by atoms with E-state index in [1.807, 2.05) is 19.1 Å². The molecule has 0 saturated carbocycles. The van der Waals surface area contributed by atoms with E-state index < -0.39 is 10.0 Å². The van der Waals surface area contributed by atoms with Crippen molar-refractivity contribution in [1.29, 1.82) is 0 Å². The molecule has 1 amide bonds. The number of nitrogens with one attached hydrogen (secondary N) is 1. The van der Waals surface area contributed by atoms with Crippen LogP contribution in [0.1, 0.15) is 22.3 Å². The molecule has 0 atom stereocenters. The first-order chi connectivity index (χ1) is 11.4. The van der Waals surface area contributed by atoms with Crippen LogP contribution in [-0.4, -0.2) is 26.6 Å². The van der Waals surface area contributed by atoms with Gasteiger partial charge in [0, 0.05) is 16.7 Å². The second-order valence-electron chi connectivity index (χ2n) is 5.67. The number of nitrogens with zero attached hydrogens (tertiary/aromatic N) is 1. The highest BCUT2D eigenvalue weighted by Gasteiger charge is 2.28. The maximum absolute atomic E-state index is 12.4. The first-order valence-electron chi connectivity index (χ1n) is 7.55. The summed E-state index contributed by atoms with van der Waals surface area (Å²) >= 11 is 3.36. The molecular weight excluding hydrogens is 392 g/mol. The van der Waals surface area contributed by atoms with Gasteiger partial charge >= 0.3 is 0 Å². The van der Waals surface area contributed by atoms with Crippen molar-refractivity contribution in [1.82, 2.24) is 0 Å². The second-order valence-corrected chi connectivity index (χ2v) is 8.54. The quantitative estimate of drug-likeness (QED) is 0.843. The first kappa shape index (κ1) is 17.0. The zero-order chi connectivity index (χ0) is 17.3. The Labute approximate surface area is 149 Å². The van der Waals surface area contributed by atoms with E-state index in [4.69, 9.17) is 0 Å². The molecule has 0 bridgehead atoms. The number of halogens is 1. The molecule has 126 valence electrons. The van der Waals surface area contributed by atoms with Gasteiger partial charge < -0.3 is 5.32 Å². The van der Waals surface area contributed by atoms with Gasteiger partial charge in [0.25, 0.3) is 5.91 Å². The van der Waals surface area contributed by atoms with Crippen molar-refractivity contribution < 1.29 is 13.2 Å². The van der Waals surface area contributed by atoms with Crippen molar-refractivity contribution in [2.24, 2.45) is 0 Å². The fourth-order valence-electron chi connectivity index (χ4n) is 2.71. The molecule has 24 heavy (non-hydrogen) atoms. The Kier molecular flexibility index (Phi) is 4.64. The van der Waals surface area contributed by atoms with Gasteiger partial charge in [0.15, 0.2) is 0 Å². The standard InChI is InChI=1S/C17H17BrN2O3S/c1-12-11-13(20-9-4-10-24(20,22)23)7-8-16(12)19-17(21)14-5-2-3-6-15(14)18/h2-3,5-8,11H,4,9-10H2,1H3,(H,19,21). The van der Waals surface area contributed by atoms with Gasteiger partial charge in [-0.3, -0.25) is 9.10 Å². The van der Waals surface area contributed by atoms with Crippen LogP contribution in [0.3, 0.4) is 0 Å². The van der Waals surface area contributed by atoms with E-state index in [2.05, 4.69) is 21.2 Å². The molecule has 2 aromatic rings. The fraction of sp³-hybridized carbons (Fsp3) is 0.235. The van der Waals surface area contributed by atoms with Gasteiger partial charge in [-0.15, -0.1) is 0 Å². The summed E-state index contributed by atoms with van der Waals surface area (Å²) in [5.74, 6) is -0.0286. The lowest BCUT2D eigenvalue weighted by atomic mass is 10.1. The fourth-order valence-corrected chi connectivity index (χ4v) is 4.73. The SMILES string of the molecule is Cc1cc(N2CCCS2(=O)=O)ccc1NC(=O)c1ccccc1Br. The number of benzene rings is 2. The Morgan fingerprint density at radius 1 is 1.21 bits per heavy atom. The maximum atomic E-state index is 12.4. The normalized spacial score (nSPS) is 16.2. The molecule has 1 saturated heterocycles. The largest absolute Gasteiger partial charge is 0.322 e. The molecule has 1 N–H and O–H groups in total. The molecule has 1 fully saturated rings. The molecule has 1 aliphatic rings. The smallest absolute Gasteiger partial charge is 0.256 e. The van der Waals surface area contributed by atoms with Crippen LogP contribution >= 0.6 is 15.9 Å². The van der Waals surface area contributed by atoms with E-state index >= 15 is 0 Å². The summed E-state index contributed by atoms with van der Waals surface area (Å²) in [5.41, 5.74) is 2.66. The first-order valence-corrected chi connectivity index (χ1v) is 9.96. The third-order valence-corrected chi connectivity index (χ3v) is 6.52. The van der Waals surface area contributed by atoms with Crippen molar-refractivity contribution in [3.8, 4) is 0 Å². The molecule has 7 heteroatoms. The topological polar surface area (TPSA) is 66.5 Å². The lowest BCUT2D eigenvalue weighted by molar-refractivity contribution is 0.102. The van der Waals surface area contributed by atoms with E-state index in [9.17, 15) is 13.2 Å². The van der Waals surface area contributed by atoms with E-state index in [1.54, 1.807) is 30.3 Å². The zero-order valence-electron chi connectivity index (χ0n) is 13.1. The van der Waals surface area contributed by atoms with Crippen LogP contribution < -0.4 is 9.62 Å². The van der Waals surface area contributed by atoms with Crippen molar-refractivity contribution >= 4 is 43.2 Å². The number of anilines is 2. The Balaban J connectivity index is 1.83. The van der Waals surface area contributed by atoms with E-state index in [-0.39, 0.29) is 11.7 Å². The lowest BCUT2D eigenvalue weighted by Gasteiger charge is -2.18. The van der Waals surface area contributed by atoms with Crippen LogP contribution in [0.5, 0.6) is 0 Å². The summed E-state index contributed by atoms with van der Waals surface area (Å²) in [6.45, 7) is 2.35. The van der Waals surface area contributed by atoms with Gasteiger partial charge in [-0.25, -0.2) is 8.42 Å². The van der Waals surface area contributed by atoms with Gasteiger partial charge in [-0.1, -0.05) is 12.1 Å². The average molecular weight is 409 g/mol. The highest BCUT2D eigenvalue weighted by Crippen LogP contribution is 2.28. The third kappa shape index (κ3) is 3.32. The van der Waals surface area contributed by atoms with Crippen LogP contribution in [0.25, 0.3) is 0 Å². The van der Waals surface area contributed by atoms with Crippen LogP contribution in [-0.2, 0) is 10.0 Å². The molecular formula is C17H17BrN2O3S. The van der Waals surface area contributed by atoms with Crippen LogP contribution in [0.15, 0.2) is 46.9 Å². The number of carbonyl (C=O) groups is 1. The van der Waals surface area contributed by atoms with E-state index in [1.165, 1.54) is 4.31 Å². The predicted octanol–water partition coefficient (Wildman–Crippen LogP) is 3.55. The Hall–Kier alpha value is -1.86. The Morgan fingerprint density at radius 2 is 1.96 bits per heavy atom. The number of aryl methyl sites for hydroxylation is 1.